The second-order valence-corrected chi connectivity index (χ2v) is 4.50. The van der Waals surface area contributed by atoms with Crippen molar-refractivity contribution >= 4 is 0 Å². The lowest BCUT2D eigenvalue weighted by Crippen LogP contribution is -2.33. The van der Waals surface area contributed by atoms with Gasteiger partial charge in [0.1, 0.15) is 5.82 Å². The van der Waals surface area contributed by atoms with Crippen molar-refractivity contribution in [3.05, 3.63) is 35.6 Å². The lowest BCUT2D eigenvalue weighted by Gasteiger charge is -2.22. The predicted molar refractivity (Wildman–Crippen MR) is 66.4 cm³/mol. The minimum Gasteiger partial charge on any atom is -0.313 e. The van der Waals surface area contributed by atoms with Crippen LogP contribution in [0.15, 0.2) is 24.3 Å². The summed E-state index contributed by atoms with van der Waals surface area (Å²) < 4.78 is 50.1. The predicted octanol–water partition coefficient (Wildman–Crippen LogP) is 2.97. The van der Waals surface area contributed by atoms with E-state index in [9.17, 15) is 17.6 Å². The molecule has 108 valence electrons. The van der Waals surface area contributed by atoms with E-state index < -0.39 is 12.7 Å². The molecule has 0 aromatic heterocycles. The normalized spacial score (nSPS) is 13.8. The Kier molecular flexibility index (Phi) is 5.75. The molecule has 0 bridgehead atoms. The summed E-state index contributed by atoms with van der Waals surface area (Å²) in [6.07, 6.45) is -3.80. The summed E-state index contributed by atoms with van der Waals surface area (Å²) in [4.78, 5) is 1.19. The molecule has 0 spiro atoms. The van der Waals surface area contributed by atoms with Crippen LogP contribution in [0.4, 0.5) is 17.6 Å². The number of hydrogen-bond acceptors (Lipinski definition) is 2. The maximum absolute atomic E-state index is 13.6. The molecule has 19 heavy (non-hydrogen) atoms. The third-order valence-corrected chi connectivity index (χ3v) is 2.88. The van der Waals surface area contributed by atoms with E-state index in [-0.39, 0.29) is 18.4 Å². The quantitative estimate of drug-likeness (QED) is 0.805. The van der Waals surface area contributed by atoms with Crippen molar-refractivity contribution < 1.29 is 17.6 Å². The standard InChI is InChI=1S/C13H18F4N2/c1-18-12(10-5-3-4-6-11(10)14)7-8-19(2)9-13(15,16)17/h3-6,12,18H,7-9H2,1-2H3. The third-order valence-electron chi connectivity index (χ3n) is 2.88. The largest absolute Gasteiger partial charge is 0.401 e. The molecule has 1 aromatic rings. The molecular formula is C13H18F4N2. The van der Waals surface area contributed by atoms with Crippen LogP contribution in [-0.2, 0) is 0 Å². The summed E-state index contributed by atoms with van der Waals surface area (Å²) in [6.45, 7) is -0.722. The van der Waals surface area contributed by atoms with Crippen LogP contribution in [0.5, 0.6) is 0 Å². The molecule has 0 saturated heterocycles. The van der Waals surface area contributed by atoms with Crippen LogP contribution < -0.4 is 5.32 Å². The molecule has 0 aliphatic carbocycles. The molecule has 0 aliphatic rings. The Morgan fingerprint density at radius 3 is 2.42 bits per heavy atom. The highest BCUT2D eigenvalue weighted by atomic mass is 19.4. The maximum Gasteiger partial charge on any atom is 0.401 e. The Morgan fingerprint density at radius 2 is 1.89 bits per heavy atom. The van der Waals surface area contributed by atoms with Crippen LogP contribution >= 0.6 is 0 Å². The number of nitrogens with one attached hydrogen (secondary N) is 1. The summed E-state index contributed by atoms with van der Waals surface area (Å²) in [5.41, 5.74) is 0.477. The molecule has 0 fully saturated rings. The van der Waals surface area contributed by atoms with Crippen molar-refractivity contribution in [2.45, 2.75) is 18.6 Å². The molecule has 1 aromatic carbocycles. The van der Waals surface area contributed by atoms with Gasteiger partial charge >= 0.3 is 6.18 Å². The summed E-state index contributed by atoms with van der Waals surface area (Å²) in [7, 11) is 3.07. The van der Waals surface area contributed by atoms with Crippen LogP contribution in [-0.4, -0.2) is 38.3 Å². The first-order valence-corrected chi connectivity index (χ1v) is 6.00. The van der Waals surface area contributed by atoms with Crippen molar-refractivity contribution in [2.75, 3.05) is 27.2 Å². The zero-order valence-corrected chi connectivity index (χ0v) is 11.0. The minimum atomic E-state index is -4.21. The lowest BCUT2D eigenvalue weighted by atomic mass is 10.0. The molecule has 0 aliphatic heterocycles. The topological polar surface area (TPSA) is 15.3 Å². The number of alkyl halides is 3. The zero-order chi connectivity index (χ0) is 14.5. The van der Waals surface area contributed by atoms with Gasteiger partial charge in [0.05, 0.1) is 6.54 Å². The highest BCUT2D eigenvalue weighted by Gasteiger charge is 2.29. The fourth-order valence-corrected chi connectivity index (χ4v) is 1.95. The molecule has 2 nitrogen and oxygen atoms in total. The Labute approximate surface area is 110 Å². The molecule has 6 heteroatoms. The van der Waals surface area contributed by atoms with Crippen molar-refractivity contribution in [1.82, 2.24) is 10.2 Å². The van der Waals surface area contributed by atoms with E-state index in [1.165, 1.54) is 18.0 Å². The van der Waals surface area contributed by atoms with Crippen LogP contribution in [0.3, 0.4) is 0 Å². The highest BCUT2D eigenvalue weighted by Crippen LogP contribution is 2.21. The fourth-order valence-electron chi connectivity index (χ4n) is 1.95. The summed E-state index contributed by atoms with van der Waals surface area (Å²) in [6, 6.07) is 5.99. The molecule has 0 radical (unpaired) electrons. The van der Waals surface area contributed by atoms with Gasteiger partial charge in [0.25, 0.3) is 0 Å². The fraction of sp³-hybridized carbons (Fsp3) is 0.538. The first-order chi connectivity index (χ1) is 8.83. The van der Waals surface area contributed by atoms with E-state index in [4.69, 9.17) is 0 Å². The number of rotatable bonds is 6. The lowest BCUT2D eigenvalue weighted by molar-refractivity contribution is -0.143. The molecule has 0 heterocycles. The van der Waals surface area contributed by atoms with Gasteiger partial charge in [0.2, 0.25) is 0 Å². The first kappa shape index (κ1) is 15.9. The average Bonchev–Trinajstić information content (AvgIpc) is 2.29. The van der Waals surface area contributed by atoms with E-state index in [1.807, 2.05) is 0 Å². The molecular weight excluding hydrogens is 260 g/mol. The molecule has 1 rings (SSSR count). The van der Waals surface area contributed by atoms with Gasteiger partial charge in [-0.05, 0) is 33.1 Å². The van der Waals surface area contributed by atoms with Crippen molar-refractivity contribution in [1.29, 1.82) is 0 Å². The van der Waals surface area contributed by atoms with Crippen LogP contribution in [0, 0.1) is 5.82 Å². The van der Waals surface area contributed by atoms with Gasteiger partial charge in [0, 0.05) is 11.6 Å². The van der Waals surface area contributed by atoms with Gasteiger partial charge in [-0.1, -0.05) is 18.2 Å². The molecule has 1 atom stereocenters. The van der Waals surface area contributed by atoms with E-state index in [1.54, 1.807) is 25.2 Å². The van der Waals surface area contributed by atoms with E-state index in [0.29, 0.717) is 12.0 Å². The average molecular weight is 278 g/mol. The Hall–Kier alpha value is -1.14. The van der Waals surface area contributed by atoms with Gasteiger partial charge < -0.3 is 5.32 Å². The van der Waals surface area contributed by atoms with Crippen molar-refractivity contribution in [3.8, 4) is 0 Å². The Balaban J connectivity index is 2.57. The summed E-state index contributed by atoms with van der Waals surface area (Å²) in [5.74, 6) is -0.347. The second kappa shape index (κ2) is 6.86. The van der Waals surface area contributed by atoms with E-state index in [0.717, 1.165) is 0 Å². The summed E-state index contributed by atoms with van der Waals surface area (Å²) >= 11 is 0. The van der Waals surface area contributed by atoms with Crippen LogP contribution in [0.1, 0.15) is 18.0 Å². The molecule has 1 unspecified atom stereocenters. The second-order valence-electron chi connectivity index (χ2n) is 4.50. The SMILES string of the molecule is CNC(CCN(C)CC(F)(F)F)c1ccccc1F. The Morgan fingerprint density at radius 1 is 1.26 bits per heavy atom. The number of nitrogens with zero attached hydrogens (tertiary/aromatic N) is 1. The summed E-state index contributed by atoms with van der Waals surface area (Å²) in [5, 5.41) is 2.93. The number of benzene rings is 1. The van der Waals surface area contributed by atoms with Crippen molar-refractivity contribution in [2.24, 2.45) is 0 Å². The van der Waals surface area contributed by atoms with Crippen molar-refractivity contribution in [3.63, 3.8) is 0 Å². The van der Waals surface area contributed by atoms with Gasteiger partial charge in [-0.15, -0.1) is 0 Å². The molecule has 1 N–H and O–H groups in total. The maximum atomic E-state index is 13.6. The molecule has 0 amide bonds. The monoisotopic (exact) mass is 278 g/mol. The van der Waals surface area contributed by atoms with Gasteiger partial charge in [-0.2, -0.15) is 13.2 Å². The van der Waals surface area contributed by atoms with Crippen LogP contribution in [0.25, 0.3) is 0 Å². The van der Waals surface area contributed by atoms with Gasteiger partial charge in [-0.3, -0.25) is 4.90 Å². The number of hydrogen-bond donors (Lipinski definition) is 1. The minimum absolute atomic E-state index is 0.235. The first-order valence-electron chi connectivity index (χ1n) is 6.00. The Bertz CT molecular complexity index is 392. The van der Waals surface area contributed by atoms with Crippen LogP contribution in [0.2, 0.25) is 0 Å². The third kappa shape index (κ3) is 5.57. The number of halogens is 4. The molecule has 0 saturated carbocycles. The highest BCUT2D eigenvalue weighted by molar-refractivity contribution is 5.21. The zero-order valence-electron chi connectivity index (χ0n) is 11.0. The van der Waals surface area contributed by atoms with E-state index in [2.05, 4.69) is 5.32 Å². The van der Waals surface area contributed by atoms with E-state index >= 15 is 0 Å². The van der Waals surface area contributed by atoms with Gasteiger partial charge in [-0.25, -0.2) is 4.39 Å². The smallest absolute Gasteiger partial charge is 0.313 e. The van der Waals surface area contributed by atoms with Gasteiger partial charge in [0.15, 0.2) is 0 Å².